The van der Waals surface area contributed by atoms with E-state index in [1.807, 2.05) is 13.8 Å². The number of nitrogens with two attached hydrogens (primary N) is 1. The summed E-state index contributed by atoms with van der Waals surface area (Å²) in [7, 11) is -3.41. The van der Waals surface area contributed by atoms with Crippen LogP contribution >= 0.6 is 7.60 Å². The molecular formula is C13H22NO4P. The van der Waals surface area contributed by atoms with Crippen molar-refractivity contribution >= 4 is 7.60 Å². The highest BCUT2D eigenvalue weighted by molar-refractivity contribution is 7.54. The minimum Gasteiger partial charge on any atom is -0.508 e. The molecule has 0 aliphatic heterocycles. The largest absolute Gasteiger partial charge is 0.508 e. The highest BCUT2D eigenvalue weighted by atomic mass is 31.2. The molecule has 0 saturated carbocycles. The number of phenolic OH excluding ortho intramolecular Hbond substituents is 1. The number of aryl methyl sites for hydroxylation is 2. The van der Waals surface area contributed by atoms with Crippen LogP contribution in [0.1, 0.15) is 36.3 Å². The second-order valence-electron chi connectivity index (χ2n) is 4.31. The molecular weight excluding hydrogens is 265 g/mol. The molecule has 19 heavy (non-hydrogen) atoms. The van der Waals surface area contributed by atoms with E-state index in [-0.39, 0.29) is 19.0 Å². The predicted molar refractivity (Wildman–Crippen MR) is 75.4 cm³/mol. The smallest absolute Gasteiger partial charge is 0.351 e. The van der Waals surface area contributed by atoms with Gasteiger partial charge in [-0.25, -0.2) is 0 Å². The van der Waals surface area contributed by atoms with Crippen molar-refractivity contribution in [1.82, 2.24) is 0 Å². The van der Waals surface area contributed by atoms with Gasteiger partial charge in [-0.3, -0.25) is 4.57 Å². The summed E-state index contributed by atoms with van der Waals surface area (Å²) in [4.78, 5) is 0. The summed E-state index contributed by atoms with van der Waals surface area (Å²) in [6, 6.07) is 3.18. The van der Waals surface area contributed by atoms with Crippen LogP contribution in [-0.4, -0.2) is 18.3 Å². The zero-order chi connectivity index (χ0) is 14.6. The lowest BCUT2D eigenvalue weighted by Gasteiger charge is -2.26. The Bertz CT molecular complexity index is 457. The topological polar surface area (TPSA) is 81.8 Å². The van der Waals surface area contributed by atoms with Crippen molar-refractivity contribution in [2.24, 2.45) is 5.73 Å². The number of benzene rings is 1. The molecule has 0 unspecified atom stereocenters. The first-order valence-electron chi connectivity index (χ1n) is 6.30. The van der Waals surface area contributed by atoms with Crippen molar-refractivity contribution in [2.75, 3.05) is 13.2 Å². The van der Waals surface area contributed by atoms with Crippen LogP contribution in [-0.2, 0) is 13.6 Å². The van der Waals surface area contributed by atoms with Crippen molar-refractivity contribution in [3.05, 3.63) is 28.8 Å². The summed E-state index contributed by atoms with van der Waals surface area (Å²) < 4.78 is 23.2. The third-order valence-electron chi connectivity index (χ3n) is 2.83. The maximum atomic E-state index is 12.7. The Hall–Kier alpha value is -0.870. The van der Waals surface area contributed by atoms with E-state index < -0.39 is 13.4 Å². The van der Waals surface area contributed by atoms with E-state index in [1.54, 1.807) is 26.0 Å². The first-order valence-corrected chi connectivity index (χ1v) is 7.91. The van der Waals surface area contributed by atoms with Crippen LogP contribution in [0.5, 0.6) is 5.75 Å². The lowest BCUT2D eigenvalue weighted by molar-refractivity contribution is 0.212. The van der Waals surface area contributed by atoms with Crippen LogP contribution in [0.2, 0.25) is 0 Å². The maximum Gasteiger partial charge on any atom is 0.351 e. The molecule has 1 rings (SSSR count). The molecule has 0 saturated heterocycles. The lowest BCUT2D eigenvalue weighted by atomic mass is 10.0. The molecule has 0 spiro atoms. The van der Waals surface area contributed by atoms with Gasteiger partial charge >= 0.3 is 7.60 Å². The molecule has 0 fully saturated rings. The summed E-state index contributed by atoms with van der Waals surface area (Å²) in [5, 5.41) is 9.54. The van der Waals surface area contributed by atoms with Gasteiger partial charge in [0.2, 0.25) is 0 Å². The van der Waals surface area contributed by atoms with Gasteiger partial charge in [-0.1, -0.05) is 0 Å². The van der Waals surface area contributed by atoms with Crippen molar-refractivity contribution in [3.63, 3.8) is 0 Å². The van der Waals surface area contributed by atoms with E-state index in [0.717, 1.165) is 11.1 Å². The molecule has 3 N–H and O–H groups in total. The molecule has 5 nitrogen and oxygen atoms in total. The Morgan fingerprint density at radius 2 is 1.63 bits per heavy atom. The van der Waals surface area contributed by atoms with Gasteiger partial charge in [-0.2, -0.15) is 0 Å². The summed E-state index contributed by atoms with van der Waals surface area (Å²) in [5.41, 5.74) is 8.34. The van der Waals surface area contributed by atoms with Crippen molar-refractivity contribution in [3.8, 4) is 5.75 Å². The fourth-order valence-corrected chi connectivity index (χ4v) is 3.97. The molecule has 0 aliphatic rings. The number of hydrogen-bond acceptors (Lipinski definition) is 5. The second-order valence-corrected chi connectivity index (χ2v) is 6.47. The van der Waals surface area contributed by atoms with Crippen LogP contribution in [0.3, 0.4) is 0 Å². The van der Waals surface area contributed by atoms with E-state index in [0.29, 0.717) is 5.56 Å². The normalized spacial score (nSPS) is 13.5. The predicted octanol–water partition coefficient (Wildman–Crippen LogP) is 3.23. The van der Waals surface area contributed by atoms with Crippen LogP contribution < -0.4 is 5.73 Å². The molecule has 108 valence electrons. The van der Waals surface area contributed by atoms with Crippen molar-refractivity contribution in [2.45, 2.75) is 33.5 Å². The molecule has 6 heteroatoms. The summed E-state index contributed by atoms with van der Waals surface area (Å²) in [6.45, 7) is 7.64. The van der Waals surface area contributed by atoms with E-state index >= 15 is 0 Å². The lowest BCUT2D eigenvalue weighted by Crippen LogP contribution is -2.17. The van der Waals surface area contributed by atoms with Crippen LogP contribution in [0.4, 0.5) is 0 Å². The Labute approximate surface area is 114 Å². The zero-order valence-electron chi connectivity index (χ0n) is 11.8. The molecule has 1 aromatic rings. The van der Waals surface area contributed by atoms with Gasteiger partial charge < -0.3 is 19.9 Å². The SMILES string of the molecule is CCOP(=O)(OCC)[C@@H](N)c1c(C)cc(O)cc1C. The van der Waals surface area contributed by atoms with Crippen LogP contribution in [0, 0.1) is 13.8 Å². The van der Waals surface area contributed by atoms with Gasteiger partial charge in [0.1, 0.15) is 11.5 Å². The average Bonchev–Trinajstić information content (AvgIpc) is 2.27. The fourth-order valence-electron chi connectivity index (χ4n) is 2.13. The number of rotatable bonds is 6. The average molecular weight is 287 g/mol. The zero-order valence-corrected chi connectivity index (χ0v) is 12.7. The molecule has 1 aromatic carbocycles. The van der Waals surface area contributed by atoms with Crippen LogP contribution in [0.15, 0.2) is 12.1 Å². The minimum atomic E-state index is -3.41. The van der Waals surface area contributed by atoms with E-state index in [2.05, 4.69) is 0 Å². The van der Waals surface area contributed by atoms with E-state index in [9.17, 15) is 9.67 Å². The molecule has 0 amide bonds. The van der Waals surface area contributed by atoms with Crippen molar-refractivity contribution < 1.29 is 18.7 Å². The molecule has 0 heterocycles. The van der Waals surface area contributed by atoms with Gasteiger partial charge in [0.15, 0.2) is 0 Å². The standard InChI is InChI=1S/C13H22NO4P/c1-5-17-19(16,18-6-2)13(14)12-9(3)7-11(15)8-10(12)4/h7-8,13,15H,5-6,14H2,1-4H3/t13-/m1/s1. The quantitative estimate of drug-likeness (QED) is 0.785. The van der Waals surface area contributed by atoms with Gasteiger partial charge in [0.25, 0.3) is 0 Å². The Morgan fingerprint density at radius 1 is 1.21 bits per heavy atom. The maximum absolute atomic E-state index is 12.7. The molecule has 0 bridgehead atoms. The summed E-state index contributed by atoms with van der Waals surface area (Å²) >= 11 is 0. The Morgan fingerprint density at radius 3 is 2.00 bits per heavy atom. The molecule has 0 aliphatic carbocycles. The van der Waals surface area contributed by atoms with Gasteiger partial charge in [-0.15, -0.1) is 0 Å². The third kappa shape index (κ3) is 3.57. The summed E-state index contributed by atoms with van der Waals surface area (Å²) in [5.74, 6) is -0.693. The van der Waals surface area contributed by atoms with Gasteiger partial charge in [0, 0.05) is 0 Å². The molecule has 1 atom stereocenters. The highest BCUT2D eigenvalue weighted by Crippen LogP contribution is 2.59. The monoisotopic (exact) mass is 287 g/mol. The summed E-state index contributed by atoms with van der Waals surface area (Å²) in [6.07, 6.45) is 0. The molecule has 0 aromatic heterocycles. The Kier molecular flexibility index (Phi) is 5.56. The van der Waals surface area contributed by atoms with E-state index in [4.69, 9.17) is 14.8 Å². The second kappa shape index (κ2) is 6.53. The third-order valence-corrected chi connectivity index (χ3v) is 5.01. The fraction of sp³-hybridized carbons (Fsp3) is 0.538. The first-order chi connectivity index (χ1) is 8.85. The number of phenols is 1. The van der Waals surface area contributed by atoms with Gasteiger partial charge in [-0.05, 0) is 56.5 Å². The van der Waals surface area contributed by atoms with Gasteiger partial charge in [0.05, 0.1) is 13.2 Å². The molecule has 0 radical (unpaired) electrons. The number of aromatic hydroxyl groups is 1. The number of hydrogen-bond donors (Lipinski definition) is 2. The Balaban J connectivity index is 3.24. The van der Waals surface area contributed by atoms with Crippen molar-refractivity contribution in [1.29, 1.82) is 0 Å². The van der Waals surface area contributed by atoms with Crippen LogP contribution in [0.25, 0.3) is 0 Å². The first kappa shape index (κ1) is 16.2. The van der Waals surface area contributed by atoms with E-state index in [1.165, 1.54) is 0 Å². The minimum absolute atomic E-state index is 0.161. The highest BCUT2D eigenvalue weighted by Gasteiger charge is 2.35.